The molecule has 3 N–H and O–H groups in total. The molecule has 0 unspecified atom stereocenters. The molecular formula is C20H34N6O3. The molecule has 162 valence electrons. The molecule has 0 saturated carbocycles. The third kappa shape index (κ3) is 5.70. The molecule has 0 radical (unpaired) electrons. The third-order valence-corrected chi connectivity index (χ3v) is 5.26. The molecule has 3 rings (SSSR count). The third-order valence-electron chi connectivity index (χ3n) is 5.26. The number of methoxy groups -OCH3 is 1. The Morgan fingerprint density at radius 3 is 2.79 bits per heavy atom. The van der Waals surface area contributed by atoms with Crippen LogP contribution in [0, 0.1) is 5.92 Å². The van der Waals surface area contributed by atoms with Crippen molar-refractivity contribution < 1.29 is 14.2 Å². The summed E-state index contributed by atoms with van der Waals surface area (Å²) in [4.78, 5) is 13.3. The zero-order valence-corrected chi connectivity index (χ0v) is 17.8. The summed E-state index contributed by atoms with van der Waals surface area (Å²) in [6, 6.07) is 0.779. The van der Waals surface area contributed by atoms with Gasteiger partial charge in [-0.3, -0.25) is 4.57 Å². The fourth-order valence-electron chi connectivity index (χ4n) is 3.66. The first-order valence-corrected chi connectivity index (χ1v) is 10.6. The van der Waals surface area contributed by atoms with E-state index in [0.29, 0.717) is 28.9 Å². The van der Waals surface area contributed by atoms with Crippen LogP contribution in [-0.4, -0.2) is 59.0 Å². The van der Waals surface area contributed by atoms with Gasteiger partial charge < -0.3 is 25.3 Å². The van der Waals surface area contributed by atoms with Crippen LogP contribution in [-0.2, 0) is 11.3 Å². The van der Waals surface area contributed by atoms with Gasteiger partial charge in [-0.15, -0.1) is 0 Å². The lowest BCUT2D eigenvalue weighted by molar-refractivity contribution is 0.0663. The van der Waals surface area contributed by atoms with Crippen molar-refractivity contribution in [3.8, 4) is 12.0 Å². The average Bonchev–Trinajstić information content (AvgIpc) is 3.07. The summed E-state index contributed by atoms with van der Waals surface area (Å²) >= 11 is 0. The fraction of sp³-hybridized carbons (Fsp3) is 0.750. The monoisotopic (exact) mass is 406 g/mol. The van der Waals surface area contributed by atoms with E-state index in [4.69, 9.17) is 19.9 Å². The van der Waals surface area contributed by atoms with Crippen molar-refractivity contribution in [3.05, 3.63) is 0 Å². The number of rotatable bonds is 11. The van der Waals surface area contributed by atoms with Crippen LogP contribution in [0.15, 0.2) is 0 Å². The van der Waals surface area contributed by atoms with Crippen molar-refractivity contribution >= 4 is 17.0 Å². The number of aryl methyl sites for hydroxylation is 1. The highest BCUT2D eigenvalue weighted by atomic mass is 16.5. The summed E-state index contributed by atoms with van der Waals surface area (Å²) in [5, 5.41) is 3.55. The van der Waals surface area contributed by atoms with E-state index in [1.807, 2.05) is 11.5 Å². The minimum Gasteiger partial charge on any atom is -0.468 e. The molecule has 1 aliphatic rings. The van der Waals surface area contributed by atoms with Crippen LogP contribution in [0.1, 0.15) is 46.0 Å². The Hall–Kier alpha value is -2.13. The van der Waals surface area contributed by atoms with E-state index in [-0.39, 0.29) is 12.1 Å². The van der Waals surface area contributed by atoms with E-state index in [1.54, 1.807) is 7.11 Å². The maximum atomic E-state index is 6.12. The van der Waals surface area contributed by atoms with Gasteiger partial charge in [0.1, 0.15) is 0 Å². The Kier molecular flexibility index (Phi) is 7.88. The molecule has 1 fully saturated rings. The summed E-state index contributed by atoms with van der Waals surface area (Å²) in [6.45, 7) is 8.57. The number of hydrogen-bond donors (Lipinski definition) is 2. The zero-order valence-electron chi connectivity index (χ0n) is 17.8. The molecule has 0 aliphatic carbocycles. The van der Waals surface area contributed by atoms with E-state index in [9.17, 15) is 0 Å². The number of fused-ring (bicyclic) bond motifs is 1. The molecule has 0 spiro atoms. The van der Waals surface area contributed by atoms with Crippen LogP contribution in [0.2, 0.25) is 0 Å². The van der Waals surface area contributed by atoms with Crippen LogP contribution in [0.4, 0.5) is 5.82 Å². The van der Waals surface area contributed by atoms with Crippen molar-refractivity contribution in [2.45, 2.75) is 58.6 Å². The summed E-state index contributed by atoms with van der Waals surface area (Å²) in [7, 11) is 1.60. The maximum Gasteiger partial charge on any atom is 0.320 e. The quantitative estimate of drug-likeness (QED) is 0.548. The molecule has 9 nitrogen and oxygen atoms in total. The number of ether oxygens (including phenoxy) is 3. The number of nitrogens with zero attached hydrogens (tertiary/aromatic N) is 4. The molecular weight excluding hydrogens is 372 g/mol. The Balaban J connectivity index is 1.64. The van der Waals surface area contributed by atoms with Crippen molar-refractivity contribution in [2.75, 3.05) is 39.1 Å². The van der Waals surface area contributed by atoms with Gasteiger partial charge in [0, 0.05) is 19.8 Å². The van der Waals surface area contributed by atoms with E-state index in [2.05, 4.69) is 27.2 Å². The topological polar surface area (TPSA) is 109 Å². The van der Waals surface area contributed by atoms with E-state index >= 15 is 0 Å². The van der Waals surface area contributed by atoms with Gasteiger partial charge in [0.2, 0.25) is 0 Å². The summed E-state index contributed by atoms with van der Waals surface area (Å²) in [6.07, 6.45) is 5.21. The second-order valence-corrected chi connectivity index (χ2v) is 7.64. The predicted molar refractivity (Wildman–Crippen MR) is 112 cm³/mol. The Morgan fingerprint density at radius 2 is 2.07 bits per heavy atom. The molecule has 2 aromatic rings. The maximum absolute atomic E-state index is 6.12. The number of nitrogen functional groups attached to an aromatic ring is 1. The predicted octanol–water partition coefficient (Wildman–Crippen LogP) is 2.39. The van der Waals surface area contributed by atoms with E-state index in [1.165, 1.54) is 0 Å². The molecule has 1 atom stereocenters. The van der Waals surface area contributed by atoms with Gasteiger partial charge >= 0.3 is 6.01 Å². The van der Waals surface area contributed by atoms with E-state index in [0.717, 1.165) is 65.0 Å². The van der Waals surface area contributed by atoms with Gasteiger partial charge in [-0.1, -0.05) is 13.3 Å². The Bertz CT molecular complexity index is 775. The molecule has 0 bridgehead atoms. The van der Waals surface area contributed by atoms with Gasteiger partial charge in [-0.05, 0) is 51.6 Å². The number of imidazole rings is 1. The van der Waals surface area contributed by atoms with Gasteiger partial charge in [-0.25, -0.2) is 0 Å². The number of nitrogens with one attached hydrogen (secondary N) is 1. The second kappa shape index (κ2) is 10.6. The highest BCUT2D eigenvalue weighted by molar-refractivity contribution is 5.83. The lowest BCUT2D eigenvalue weighted by Crippen LogP contribution is -2.28. The van der Waals surface area contributed by atoms with Crippen molar-refractivity contribution in [1.82, 2.24) is 24.8 Å². The first kappa shape index (κ1) is 21.6. The molecule has 0 aromatic carbocycles. The van der Waals surface area contributed by atoms with Crippen molar-refractivity contribution in [3.63, 3.8) is 0 Å². The number of hydrogen-bond acceptors (Lipinski definition) is 8. The SMILES string of the molecule is CCC[C@H](C)Oc1nc(N)c2nc(OC)n(CCCNCC3CCOCC3)c2n1. The van der Waals surface area contributed by atoms with Gasteiger partial charge in [0.05, 0.1) is 13.2 Å². The van der Waals surface area contributed by atoms with E-state index < -0.39 is 0 Å². The summed E-state index contributed by atoms with van der Waals surface area (Å²) in [5.41, 5.74) is 7.32. The smallest absolute Gasteiger partial charge is 0.320 e. The molecule has 1 aliphatic heterocycles. The average molecular weight is 407 g/mol. The lowest BCUT2D eigenvalue weighted by atomic mass is 10.0. The molecule has 9 heteroatoms. The number of aromatic nitrogens is 4. The standard InChI is InChI=1S/C20H34N6O3/c1-4-6-14(2)29-19-24-17(21)16-18(25-19)26(20(23-16)27-3)10-5-9-22-13-15-7-11-28-12-8-15/h14-15,22H,4-13H2,1-3H3,(H2,21,24,25)/t14-/m0/s1. The molecule has 3 heterocycles. The first-order valence-electron chi connectivity index (χ1n) is 10.6. The highest BCUT2D eigenvalue weighted by Gasteiger charge is 2.19. The first-order chi connectivity index (χ1) is 14.1. The van der Waals surface area contributed by atoms with Gasteiger partial charge in [-0.2, -0.15) is 15.0 Å². The van der Waals surface area contributed by atoms with Crippen LogP contribution in [0.25, 0.3) is 11.2 Å². The largest absolute Gasteiger partial charge is 0.468 e. The Morgan fingerprint density at radius 1 is 1.28 bits per heavy atom. The fourth-order valence-corrected chi connectivity index (χ4v) is 3.66. The second-order valence-electron chi connectivity index (χ2n) is 7.64. The molecule has 2 aromatic heterocycles. The van der Waals surface area contributed by atoms with Crippen LogP contribution in [0.3, 0.4) is 0 Å². The molecule has 0 amide bonds. The van der Waals surface area contributed by atoms with Crippen LogP contribution in [0.5, 0.6) is 12.0 Å². The van der Waals surface area contributed by atoms with Gasteiger partial charge in [0.15, 0.2) is 17.0 Å². The summed E-state index contributed by atoms with van der Waals surface area (Å²) in [5.74, 6) is 1.02. The Labute approximate surface area is 172 Å². The zero-order chi connectivity index (χ0) is 20.6. The van der Waals surface area contributed by atoms with Crippen LogP contribution < -0.4 is 20.5 Å². The van der Waals surface area contributed by atoms with Crippen molar-refractivity contribution in [2.24, 2.45) is 5.92 Å². The van der Waals surface area contributed by atoms with Gasteiger partial charge in [0.25, 0.3) is 6.01 Å². The number of anilines is 1. The minimum absolute atomic E-state index is 0.0319. The van der Waals surface area contributed by atoms with Crippen molar-refractivity contribution in [1.29, 1.82) is 0 Å². The summed E-state index contributed by atoms with van der Waals surface area (Å²) < 4.78 is 18.7. The highest BCUT2D eigenvalue weighted by Crippen LogP contribution is 2.26. The minimum atomic E-state index is 0.0319. The molecule has 29 heavy (non-hydrogen) atoms. The lowest BCUT2D eigenvalue weighted by Gasteiger charge is -2.22. The number of nitrogens with two attached hydrogens (primary N) is 1. The normalized spacial score (nSPS) is 16.2. The van der Waals surface area contributed by atoms with Crippen LogP contribution >= 0.6 is 0 Å². The molecule has 1 saturated heterocycles.